The second kappa shape index (κ2) is 7.34. The minimum atomic E-state index is 0.219. The zero-order chi connectivity index (χ0) is 16.4. The molecule has 0 aliphatic carbocycles. The van der Waals surface area contributed by atoms with Crippen LogP contribution < -0.4 is 4.90 Å². The molecule has 0 radical (unpaired) electrons. The van der Waals surface area contributed by atoms with Gasteiger partial charge in [-0.15, -0.1) is 0 Å². The van der Waals surface area contributed by atoms with Crippen molar-refractivity contribution in [2.75, 3.05) is 38.2 Å². The number of hydrogen-bond acceptors (Lipinski definition) is 4. The summed E-state index contributed by atoms with van der Waals surface area (Å²) in [6.07, 6.45) is 2.17. The summed E-state index contributed by atoms with van der Waals surface area (Å²) in [5.74, 6) is 0.987. The van der Waals surface area contributed by atoms with Crippen molar-refractivity contribution >= 4 is 44.3 Å². The average molecular weight is 399 g/mol. The Morgan fingerprint density at radius 1 is 1.30 bits per heavy atom. The van der Waals surface area contributed by atoms with E-state index in [1.807, 2.05) is 12.1 Å². The minimum Gasteiger partial charge on any atom is -0.395 e. The molecular weight excluding hydrogens is 378 g/mol. The molecule has 1 fully saturated rings. The topological polar surface area (TPSA) is 39.6 Å². The summed E-state index contributed by atoms with van der Waals surface area (Å²) in [5, 5.41) is 10.8. The summed E-state index contributed by atoms with van der Waals surface area (Å²) in [4.78, 5) is 9.34. The first-order valence-corrected chi connectivity index (χ1v) is 9.08. The Kier molecular flexibility index (Phi) is 5.42. The first-order chi connectivity index (χ1) is 11.1. The molecule has 1 aliphatic rings. The molecule has 23 heavy (non-hydrogen) atoms. The van der Waals surface area contributed by atoms with E-state index in [0.717, 1.165) is 53.7 Å². The second-order valence-corrected chi connectivity index (χ2v) is 7.28. The monoisotopic (exact) mass is 397 g/mol. The summed E-state index contributed by atoms with van der Waals surface area (Å²) in [6, 6.07) is 8.52. The normalized spacial score (nSPS) is 16.5. The SMILES string of the molecule is CN(CCO)C1CCN(c2ccc3c(Br)ccc(Cl)c3n2)CC1. The molecule has 1 aliphatic heterocycles. The van der Waals surface area contributed by atoms with Gasteiger partial charge in [0.1, 0.15) is 5.82 Å². The largest absolute Gasteiger partial charge is 0.395 e. The number of aromatic nitrogens is 1. The van der Waals surface area contributed by atoms with Gasteiger partial charge in [-0.3, -0.25) is 0 Å². The van der Waals surface area contributed by atoms with E-state index >= 15 is 0 Å². The molecule has 2 heterocycles. The van der Waals surface area contributed by atoms with Crippen LogP contribution in [0.5, 0.6) is 0 Å². The lowest BCUT2D eigenvalue weighted by atomic mass is 10.0. The highest BCUT2D eigenvalue weighted by molar-refractivity contribution is 9.10. The Labute approximate surface area is 150 Å². The summed E-state index contributed by atoms with van der Waals surface area (Å²) in [6.45, 7) is 2.91. The minimum absolute atomic E-state index is 0.219. The van der Waals surface area contributed by atoms with Crippen LogP contribution in [0.25, 0.3) is 10.9 Å². The van der Waals surface area contributed by atoms with Gasteiger partial charge in [-0.05, 0) is 44.2 Å². The van der Waals surface area contributed by atoms with Crippen molar-refractivity contribution < 1.29 is 5.11 Å². The predicted octanol–water partition coefficient (Wildman–Crippen LogP) is 3.54. The second-order valence-electron chi connectivity index (χ2n) is 6.02. The summed E-state index contributed by atoms with van der Waals surface area (Å²) >= 11 is 9.86. The molecule has 1 saturated heterocycles. The predicted molar refractivity (Wildman–Crippen MR) is 99.4 cm³/mol. The fraction of sp³-hybridized carbons (Fsp3) is 0.471. The molecule has 6 heteroatoms. The van der Waals surface area contributed by atoms with Gasteiger partial charge in [-0.25, -0.2) is 4.98 Å². The van der Waals surface area contributed by atoms with Crippen molar-refractivity contribution in [2.24, 2.45) is 0 Å². The number of halogens is 2. The number of nitrogens with zero attached hydrogens (tertiary/aromatic N) is 3. The average Bonchev–Trinajstić information content (AvgIpc) is 2.58. The Bertz CT molecular complexity index is 689. The van der Waals surface area contributed by atoms with Crippen LogP contribution in [0.2, 0.25) is 5.02 Å². The van der Waals surface area contributed by atoms with E-state index in [0.29, 0.717) is 11.1 Å². The van der Waals surface area contributed by atoms with Gasteiger partial charge in [-0.1, -0.05) is 27.5 Å². The number of aliphatic hydroxyl groups is 1. The third-order valence-corrected chi connectivity index (χ3v) is 5.60. The van der Waals surface area contributed by atoms with Gasteiger partial charge in [-0.2, -0.15) is 0 Å². The number of piperidine rings is 1. The Morgan fingerprint density at radius 3 is 2.74 bits per heavy atom. The molecule has 1 aromatic carbocycles. The van der Waals surface area contributed by atoms with E-state index in [-0.39, 0.29) is 6.61 Å². The van der Waals surface area contributed by atoms with Crippen LogP contribution in [0.1, 0.15) is 12.8 Å². The van der Waals surface area contributed by atoms with E-state index < -0.39 is 0 Å². The maximum absolute atomic E-state index is 9.07. The smallest absolute Gasteiger partial charge is 0.129 e. The molecule has 124 valence electrons. The van der Waals surface area contributed by atoms with Crippen LogP contribution in [0.3, 0.4) is 0 Å². The van der Waals surface area contributed by atoms with Gasteiger partial charge in [0, 0.05) is 35.5 Å². The molecular formula is C17H21BrClN3O. The summed E-state index contributed by atoms with van der Waals surface area (Å²) < 4.78 is 1.01. The molecule has 0 unspecified atom stereocenters. The van der Waals surface area contributed by atoms with Crippen molar-refractivity contribution in [1.29, 1.82) is 0 Å². The van der Waals surface area contributed by atoms with Crippen LogP contribution >= 0.6 is 27.5 Å². The third-order valence-electron chi connectivity index (χ3n) is 4.60. The van der Waals surface area contributed by atoms with Crippen LogP contribution in [-0.2, 0) is 0 Å². The first-order valence-electron chi connectivity index (χ1n) is 7.91. The number of aliphatic hydroxyl groups excluding tert-OH is 1. The molecule has 1 aromatic heterocycles. The van der Waals surface area contributed by atoms with E-state index in [1.165, 1.54) is 0 Å². The maximum atomic E-state index is 9.07. The van der Waals surface area contributed by atoms with Crippen molar-refractivity contribution in [3.63, 3.8) is 0 Å². The van der Waals surface area contributed by atoms with Gasteiger partial charge >= 0.3 is 0 Å². The molecule has 0 amide bonds. The summed E-state index contributed by atoms with van der Waals surface area (Å²) in [7, 11) is 2.09. The van der Waals surface area contributed by atoms with Crippen molar-refractivity contribution in [3.8, 4) is 0 Å². The van der Waals surface area contributed by atoms with Crippen LogP contribution in [0.4, 0.5) is 5.82 Å². The highest BCUT2D eigenvalue weighted by Crippen LogP contribution is 2.31. The number of likely N-dealkylation sites (N-methyl/N-ethyl adjacent to an activating group) is 1. The number of hydrogen-bond donors (Lipinski definition) is 1. The quantitative estimate of drug-likeness (QED) is 0.855. The molecule has 0 spiro atoms. The standard InChI is InChI=1S/C17H21BrClN3O/c1-21(10-11-23)12-6-8-22(9-7-12)16-5-2-13-14(18)3-4-15(19)17(13)20-16/h2-5,12,23H,6-11H2,1H3. The van der Waals surface area contributed by atoms with Gasteiger partial charge in [0.05, 0.1) is 17.1 Å². The molecule has 0 bridgehead atoms. The van der Waals surface area contributed by atoms with E-state index in [9.17, 15) is 0 Å². The Balaban J connectivity index is 1.76. The lowest BCUT2D eigenvalue weighted by molar-refractivity contribution is 0.161. The number of anilines is 1. The lowest BCUT2D eigenvalue weighted by Gasteiger charge is -2.37. The molecule has 4 nitrogen and oxygen atoms in total. The number of pyridine rings is 1. The van der Waals surface area contributed by atoms with E-state index in [4.69, 9.17) is 21.7 Å². The van der Waals surface area contributed by atoms with Crippen molar-refractivity contribution in [2.45, 2.75) is 18.9 Å². The molecule has 0 saturated carbocycles. The Morgan fingerprint density at radius 2 is 2.04 bits per heavy atom. The maximum Gasteiger partial charge on any atom is 0.129 e. The van der Waals surface area contributed by atoms with Gasteiger partial charge in [0.25, 0.3) is 0 Å². The fourth-order valence-corrected chi connectivity index (χ4v) is 3.85. The molecule has 3 rings (SSSR count). The summed E-state index contributed by atoms with van der Waals surface area (Å²) in [5.41, 5.74) is 0.845. The van der Waals surface area contributed by atoms with Gasteiger partial charge in [0.15, 0.2) is 0 Å². The number of benzene rings is 1. The van der Waals surface area contributed by atoms with Crippen molar-refractivity contribution in [3.05, 3.63) is 33.8 Å². The zero-order valence-corrected chi connectivity index (χ0v) is 15.5. The molecule has 2 aromatic rings. The highest BCUT2D eigenvalue weighted by atomic mass is 79.9. The van der Waals surface area contributed by atoms with E-state index in [2.05, 4.69) is 44.9 Å². The van der Waals surface area contributed by atoms with Gasteiger partial charge < -0.3 is 14.9 Å². The fourth-order valence-electron chi connectivity index (χ4n) is 3.19. The number of rotatable bonds is 4. The molecule has 1 N–H and O–H groups in total. The van der Waals surface area contributed by atoms with Crippen LogP contribution in [0.15, 0.2) is 28.7 Å². The first kappa shape index (κ1) is 17.0. The van der Waals surface area contributed by atoms with Crippen molar-refractivity contribution in [1.82, 2.24) is 9.88 Å². The lowest BCUT2D eigenvalue weighted by Crippen LogP contribution is -2.44. The Hall–Kier alpha value is -0.880. The van der Waals surface area contributed by atoms with Crippen LogP contribution in [-0.4, -0.2) is 54.3 Å². The van der Waals surface area contributed by atoms with Crippen LogP contribution in [0, 0.1) is 0 Å². The van der Waals surface area contributed by atoms with E-state index in [1.54, 1.807) is 0 Å². The number of fused-ring (bicyclic) bond motifs is 1. The molecule has 0 atom stereocenters. The third kappa shape index (κ3) is 3.63. The highest BCUT2D eigenvalue weighted by Gasteiger charge is 2.23. The zero-order valence-electron chi connectivity index (χ0n) is 13.2. The van der Waals surface area contributed by atoms with Gasteiger partial charge in [0.2, 0.25) is 0 Å².